The number of rotatable bonds is 17. The van der Waals surface area contributed by atoms with Gasteiger partial charge in [-0.05, 0) is 79.9 Å². The zero-order valence-electron chi connectivity index (χ0n) is 47.7. The molecule has 0 spiro atoms. The van der Waals surface area contributed by atoms with E-state index in [1.807, 2.05) is 34.6 Å². The standard InChI is InChI=1S/C56H91N7O12/c1-17-35(12)47-45(65)29-38(64)28-40(32(6)7)50(67)57-41(25-30(2)3)53(70)63-24-18-19-42(63)54(71)62(15)44(27-37-20-22-39(74-16)23-21-37)56(73)75-36(13)48(52(69)59-47)60-51(68)43(26-31(4)5)61(14)55(72)46(33(8)9)58-49(66)34(10)11/h20-23,30-36,40-48,65H,17-19,24-29H2,1-16H3,(H,57,67)(H,58,66)(H,59,69)(H,60,68)/t35-,36+,40-,41-,42-,43?,44-,45-,46-,47+,48-/m0/s1. The summed E-state index contributed by atoms with van der Waals surface area (Å²) < 4.78 is 11.5. The smallest absolute Gasteiger partial charge is 0.329 e. The number of likely N-dealkylation sites (N-methyl/N-ethyl adjacent to an activating group) is 2. The molecular formula is C56H91N7O12. The third-order valence-corrected chi connectivity index (χ3v) is 14.7. The van der Waals surface area contributed by atoms with E-state index in [0.717, 1.165) is 0 Å². The van der Waals surface area contributed by atoms with E-state index in [9.17, 15) is 48.3 Å². The highest BCUT2D eigenvalue weighted by Gasteiger charge is 2.45. The van der Waals surface area contributed by atoms with Crippen LogP contribution in [0.15, 0.2) is 24.3 Å². The number of Topliss-reactive ketones (excluding diaryl/α,β-unsaturated/α-hetero) is 1. The lowest BCUT2D eigenvalue weighted by Crippen LogP contribution is -2.62. The Morgan fingerprint density at radius 2 is 1.49 bits per heavy atom. The SMILES string of the molecule is CC[C@H](C)[C@H]1NC(=O)[C@@H](NC(=O)C(CC(C)C)N(C)C(=O)[C@@H](NC(=O)C(C)C)C(C)C)[C@@H](C)OC(=O)[C@H](Cc2ccc(OC)cc2)N(C)C(=O)[C@@H]2CCCN2C(=O)[C@H](CC(C)C)NC(=O)[C@H](C(C)C)CC(=O)C[C@@H]1O. The number of nitrogens with zero attached hydrogens (tertiary/aromatic N) is 3. The number of cyclic esters (lactones) is 1. The van der Waals surface area contributed by atoms with Crippen LogP contribution in [0.2, 0.25) is 0 Å². The molecular weight excluding hydrogens is 963 g/mol. The van der Waals surface area contributed by atoms with E-state index in [1.165, 1.54) is 42.8 Å². The molecule has 422 valence electrons. The first kappa shape index (κ1) is 63.7. The summed E-state index contributed by atoms with van der Waals surface area (Å²) in [5, 5.41) is 23.3. The van der Waals surface area contributed by atoms with Crippen LogP contribution in [0.25, 0.3) is 0 Å². The second kappa shape index (κ2) is 29.1. The highest BCUT2D eigenvalue weighted by atomic mass is 16.5. The fourth-order valence-corrected chi connectivity index (χ4v) is 9.73. The van der Waals surface area contributed by atoms with Crippen LogP contribution in [-0.2, 0) is 54.3 Å². The van der Waals surface area contributed by atoms with E-state index in [4.69, 9.17) is 9.47 Å². The highest BCUT2D eigenvalue weighted by molar-refractivity contribution is 5.97. The lowest BCUT2D eigenvalue weighted by molar-refractivity contribution is -0.162. The Kier molecular flexibility index (Phi) is 24.7. The first-order valence-corrected chi connectivity index (χ1v) is 27.1. The second-order valence-electron chi connectivity index (χ2n) is 22.8. The first-order chi connectivity index (χ1) is 35.0. The number of hydrogen-bond donors (Lipinski definition) is 5. The van der Waals surface area contributed by atoms with Crippen LogP contribution in [-0.4, -0.2) is 155 Å². The van der Waals surface area contributed by atoms with Gasteiger partial charge in [-0.15, -0.1) is 0 Å². The van der Waals surface area contributed by atoms with Gasteiger partial charge in [0.2, 0.25) is 41.4 Å². The predicted octanol–water partition coefficient (Wildman–Crippen LogP) is 4.20. The number of ketones is 1. The van der Waals surface area contributed by atoms with Crippen LogP contribution >= 0.6 is 0 Å². The Bertz CT molecular complexity index is 2130. The van der Waals surface area contributed by atoms with E-state index < -0.39 is 126 Å². The van der Waals surface area contributed by atoms with Gasteiger partial charge in [0.15, 0.2) is 0 Å². The molecule has 0 aliphatic carbocycles. The van der Waals surface area contributed by atoms with Gasteiger partial charge in [-0.2, -0.15) is 0 Å². The van der Waals surface area contributed by atoms with E-state index in [-0.39, 0.29) is 68.2 Å². The molecule has 2 aliphatic rings. The van der Waals surface area contributed by atoms with Crippen molar-refractivity contribution < 1.29 is 57.7 Å². The molecule has 2 aliphatic heterocycles. The normalized spacial score (nSPS) is 25.3. The van der Waals surface area contributed by atoms with Gasteiger partial charge in [0.1, 0.15) is 53.9 Å². The topological polar surface area (TPSA) is 250 Å². The molecule has 1 unspecified atom stereocenters. The fourth-order valence-electron chi connectivity index (χ4n) is 9.73. The van der Waals surface area contributed by atoms with Gasteiger partial charge in [0, 0.05) is 51.7 Å². The van der Waals surface area contributed by atoms with Crippen molar-refractivity contribution in [2.24, 2.45) is 41.4 Å². The van der Waals surface area contributed by atoms with Gasteiger partial charge in [-0.25, -0.2) is 4.79 Å². The molecule has 5 N–H and O–H groups in total. The number of ether oxygens (including phenoxy) is 2. The van der Waals surface area contributed by atoms with Crippen molar-refractivity contribution >= 4 is 53.1 Å². The van der Waals surface area contributed by atoms with Crippen molar-refractivity contribution in [2.45, 2.75) is 196 Å². The number of carbonyl (C=O) groups is 9. The highest BCUT2D eigenvalue weighted by Crippen LogP contribution is 2.27. The van der Waals surface area contributed by atoms with Gasteiger partial charge < -0.3 is 50.5 Å². The van der Waals surface area contributed by atoms with Crippen LogP contribution in [0.4, 0.5) is 0 Å². The third-order valence-electron chi connectivity index (χ3n) is 14.7. The molecule has 19 nitrogen and oxygen atoms in total. The first-order valence-electron chi connectivity index (χ1n) is 27.1. The lowest BCUT2D eigenvalue weighted by Gasteiger charge is -2.36. The average molecular weight is 1050 g/mol. The summed E-state index contributed by atoms with van der Waals surface area (Å²) in [6.45, 7) is 23.3. The van der Waals surface area contributed by atoms with Crippen LogP contribution in [0.3, 0.4) is 0 Å². The summed E-state index contributed by atoms with van der Waals surface area (Å²) in [6.07, 6.45) is -2.21. The summed E-state index contributed by atoms with van der Waals surface area (Å²) >= 11 is 0. The maximum Gasteiger partial charge on any atom is 0.329 e. The predicted molar refractivity (Wildman–Crippen MR) is 284 cm³/mol. The largest absolute Gasteiger partial charge is 0.497 e. The Morgan fingerprint density at radius 1 is 0.867 bits per heavy atom. The summed E-state index contributed by atoms with van der Waals surface area (Å²) in [5.74, 6) is -7.66. The molecule has 1 aromatic rings. The molecule has 1 aromatic carbocycles. The molecule has 75 heavy (non-hydrogen) atoms. The van der Waals surface area contributed by atoms with Gasteiger partial charge in [-0.1, -0.05) is 102 Å². The number of hydrogen-bond acceptors (Lipinski definition) is 12. The molecule has 2 saturated heterocycles. The third kappa shape index (κ3) is 17.7. The summed E-state index contributed by atoms with van der Waals surface area (Å²) in [4.78, 5) is 133. The number of methoxy groups -OCH3 is 1. The molecule has 0 saturated carbocycles. The number of benzene rings is 1. The molecule has 2 fully saturated rings. The Labute approximate surface area is 446 Å². The summed E-state index contributed by atoms with van der Waals surface area (Å²) in [5.41, 5.74) is 0.616. The van der Waals surface area contributed by atoms with E-state index in [2.05, 4.69) is 21.3 Å². The van der Waals surface area contributed by atoms with Gasteiger partial charge >= 0.3 is 5.97 Å². The number of esters is 1. The number of fused-ring (bicyclic) bond motifs is 1. The summed E-state index contributed by atoms with van der Waals surface area (Å²) in [7, 11) is 4.40. The zero-order chi connectivity index (χ0) is 56.8. The van der Waals surface area contributed by atoms with Crippen molar-refractivity contribution in [2.75, 3.05) is 27.7 Å². The maximum absolute atomic E-state index is 15.0. The van der Waals surface area contributed by atoms with Crippen LogP contribution in [0, 0.1) is 41.4 Å². The molecule has 2 heterocycles. The lowest BCUT2D eigenvalue weighted by atomic mass is 9.85. The maximum atomic E-state index is 15.0. The van der Waals surface area contributed by atoms with Crippen molar-refractivity contribution in [3.63, 3.8) is 0 Å². The molecule has 0 aromatic heterocycles. The minimum absolute atomic E-state index is 0.0556. The zero-order valence-corrected chi connectivity index (χ0v) is 47.7. The molecule has 19 heteroatoms. The van der Waals surface area contributed by atoms with Crippen LogP contribution in [0.1, 0.15) is 141 Å². The van der Waals surface area contributed by atoms with Gasteiger partial charge in [0.05, 0.1) is 19.3 Å². The Morgan fingerprint density at radius 3 is 2.03 bits per heavy atom. The molecule has 7 amide bonds. The number of nitrogens with one attached hydrogen (secondary N) is 4. The van der Waals surface area contributed by atoms with Crippen molar-refractivity contribution in [1.82, 2.24) is 36.0 Å². The van der Waals surface area contributed by atoms with Crippen LogP contribution in [0.5, 0.6) is 5.75 Å². The van der Waals surface area contributed by atoms with Crippen LogP contribution < -0.4 is 26.0 Å². The Hall–Kier alpha value is -5.59. The van der Waals surface area contributed by atoms with Crippen molar-refractivity contribution in [3.8, 4) is 5.75 Å². The molecule has 11 atom stereocenters. The fraction of sp³-hybridized carbons (Fsp3) is 0.732. The van der Waals surface area contributed by atoms with E-state index in [0.29, 0.717) is 24.2 Å². The van der Waals surface area contributed by atoms with Gasteiger partial charge in [0.25, 0.3) is 0 Å². The van der Waals surface area contributed by atoms with E-state index >= 15 is 0 Å². The molecule has 0 bridgehead atoms. The number of aliphatic hydroxyl groups is 1. The molecule has 0 radical (unpaired) electrons. The quantitative estimate of drug-likeness (QED) is 0.138. The van der Waals surface area contributed by atoms with Gasteiger partial charge in [-0.3, -0.25) is 38.4 Å². The minimum atomic E-state index is -1.68. The number of amides is 7. The van der Waals surface area contributed by atoms with E-state index in [1.54, 1.807) is 72.7 Å². The second-order valence-corrected chi connectivity index (χ2v) is 22.8. The Balaban J connectivity index is 2.28. The summed E-state index contributed by atoms with van der Waals surface area (Å²) in [6, 6.07) is -1.49. The minimum Gasteiger partial charge on any atom is -0.497 e. The number of aliphatic hydroxyl groups excluding tert-OH is 1. The average Bonchev–Trinajstić information content (AvgIpc) is 3.84. The number of carbonyl (C=O) groups excluding carboxylic acids is 9. The van der Waals surface area contributed by atoms with Crippen molar-refractivity contribution in [1.29, 1.82) is 0 Å². The molecule has 3 rings (SSSR count). The monoisotopic (exact) mass is 1050 g/mol. The van der Waals surface area contributed by atoms with Crippen molar-refractivity contribution in [3.05, 3.63) is 29.8 Å².